The summed E-state index contributed by atoms with van der Waals surface area (Å²) in [6.45, 7) is 6.65. The topological polar surface area (TPSA) is 110 Å². The average molecular weight is 458 g/mol. The van der Waals surface area contributed by atoms with Crippen LogP contribution in [-0.2, 0) is 19.9 Å². The molecule has 1 aromatic heterocycles. The Kier molecular flexibility index (Phi) is 6.85. The molecule has 0 saturated carbocycles. The molecule has 1 fully saturated rings. The molecule has 0 radical (unpaired) electrons. The molecule has 1 aliphatic rings. The second-order valence-corrected chi connectivity index (χ2v) is 11.2. The van der Waals surface area contributed by atoms with Crippen LogP contribution in [0.4, 0.5) is 0 Å². The fourth-order valence-electron chi connectivity index (χ4n) is 3.43. The van der Waals surface area contributed by atoms with Crippen molar-refractivity contribution in [1.82, 2.24) is 14.4 Å². The van der Waals surface area contributed by atoms with E-state index < -0.39 is 19.9 Å². The highest BCUT2D eigenvalue weighted by atomic mass is 32.2. The number of hydrogen-bond donors (Lipinski definition) is 0. The number of aromatic nitrogens is 1. The van der Waals surface area contributed by atoms with Gasteiger partial charge in [-0.05, 0) is 44.5 Å². The zero-order valence-electron chi connectivity index (χ0n) is 17.4. The molecular formula is C19H27N3O6S2. The molecule has 0 aliphatic carbocycles. The third-order valence-corrected chi connectivity index (χ3v) is 8.31. The van der Waals surface area contributed by atoms with E-state index in [0.717, 1.165) is 13.0 Å². The van der Waals surface area contributed by atoms with Gasteiger partial charge in [0.05, 0.1) is 11.5 Å². The van der Waals surface area contributed by atoms with E-state index in [-0.39, 0.29) is 9.79 Å². The Bertz CT molecular complexity index is 1050. The van der Waals surface area contributed by atoms with Crippen LogP contribution in [0.5, 0.6) is 5.75 Å². The van der Waals surface area contributed by atoms with Crippen LogP contribution in [0.25, 0.3) is 0 Å². The van der Waals surface area contributed by atoms with Crippen LogP contribution in [0.2, 0.25) is 0 Å². The van der Waals surface area contributed by atoms with E-state index in [1.165, 1.54) is 22.7 Å². The van der Waals surface area contributed by atoms with Crippen LogP contribution in [0.15, 0.2) is 38.6 Å². The van der Waals surface area contributed by atoms with E-state index in [1.807, 2.05) is 0 Å². The van der Waals surface area contributed by atoms with Crippen molar-refractivity contribution in [3.05, 3.63) is 35.7 Å². The van der Waals surface area contributed by atoms with E-state index >= 15 is 0 Å². The van der Waals surface area contributed by atoms with Crippen molar-refractivity contribution in [3.8, 4) is 5.75 Å². The molecule has 0 atom stereocenters. The van der Waals surface area contributed by atoms with Gasteiger partial charge < -0.3 is 14.2 Å². The number of hydrogen-bond acceptors (Lipinski definition) is 8. The van der Waals surface area contributed by atoms with Gasteiger partial charge in [-0.2, -0.15) is 4.31 Å². The second-order valence-electron chi connectivity index (χ2n) is 7.34. The molecule has 0 bridgehead atoms. The number of sulfonamides is 1. The third kappa shape index (κ3) is 5.20. The zero-order chi connectivity index (χ0) is 21.9. The van der Waals surface area contributed by atoms with E-state index in [2.05, 4.69) is 10.1 Å². The maximum atomic E-state index is 12.8. The molecule has 11 heteroatoms. The summed E-state index contributed by atoms with van der Waals surface area (Å²) < 4.78 is 60.8. The zero-order valence-corrected chi connectivity index (χ0v) is 19.0. The highest BCUT2D eigenvalue weighted by Gasteiger charge is 2.33. The molecule has 0 spiro atoms. The van der Waals surface area contributed by atoms with E-state index in [1.54, 1.807) is 26.0 Å². The summed E-state index contributed by atoms with van der Waals surface area (Å²) in [5.74, 6) is 0.939. The maximum Gasteiger partial charge on any atom is 0.248 e. The Balaban J connectivity index is 1.43. The van der Waals surface area contributed by atoms with Gasteiger partial charge in [0.1, 0.15) is 16.3 Å². The van der Waals surface area contributed by atoms with Crippen molar-refractivity contribution in [2.24, 2.45) is 0 Å². The Morgan fingerprint density at radius 1 is 1.03 bits per heavy atom. The molecule has 2 heterocycles. The van der Waals surface area contributed by atoms with Gasteiger partial charge >= 0.3 is 0 Å². The van der Waals surface area contributed by atoms with Gasteiger partial charge in [0.2, 0.25) is 10.0 Å². The number of rotatable bonds is 8. The van der Waals surface area contributed by atoms with Crippen molar-refractivity contribution < 1.29 is 26.1 Å². The SMILES string of the molecule is Cc1noc(C)c1S(=O)(=O)N1CCN(CCCOc2ccc(S(C)(=O)=O)cc2)CC1. The normalized spacial score (nSPS) is 16.6. The lowest BCUT2D eigenvalue weighted by Crippen LogP contribution is -2.49. The Morgan fingerprint density at radius 2 is 1.67 bits per heavy atom. The first-order chi connectivity index (χ1) is 14.1. The lowest BCUT2D eigenvalue weighted by atomic mass is 10.3. The molecule has 1 aliphatic heterocycles. The van der Waals surface area contributed by atoms with Gasteiger partial charge in [0.25, 0.3) is 0 Å². The average Bonchev–Trinajstić information content (AvgIpc) is 3.04. The van der Waals surface area contributed by atoms with E-state index in [9.17, 15) is 16.8 Å². The predicted molar refractivity (Wildman–Crippen MR) is 111 cm³/mol. The number of sulfone groups is 1. The van der Waals surface area contributed by atoms with Crippen LogP contribution in [0.3, 0.4) is 0 Å². The minimum atomic E-state index is -3.60. The van der Waals surface area contributed by atoms with Crippen molar-refractivity contribution in [1.29, 1.82) is 0 Å². The molecule has 0 N–H and O–H groups in total. The lowest BCUT2D eigenvalue weighted by molar-refractivity contribution is 0.174. The monoisotopic (exact) mass is 457 g/mol. The molecule has 0 amide bonds. The summed E-state index contributed by atoms with van der Waals surface area (Å²) in [6.07, 6.45) is 1.95. The number of ether oxygens (including phenoxy) is 1. The first-order valence-corrected chi connectivity index (χ1v) is 13.0. The summed E-state index contributed by atoms with van der Waals surface area (Å²) in [5.41, 5.74) is 0.386. The summed E-state index contributed by atoms with van der Waals surface area (Å²) in [7, 11) is -6.81. The molecule has 1 saturated heterocycles. The molecule has 1 aromatic carbocycles. The fourth-order valence-corrected chi connectivity index (χ4v) is 5.77. The van der Waals surface area contributed by atoms with E-state index in [4.69, 9.17) is 9.26 Å². The van der Waals surface area contributed by atoms with Crippen molar-refractivity contribution in [3.63, 3.8) is 0 Å². The van der Waals surface area contributed by atoms with Crippen molar-refractivity contribution in [2.75, 3.05) is 45.6 Å². The molecule has 2 aromatic rings. The van der Waals surface area contributed by atoms with Crippen molar-refractivity contribution in [2.45, 2.75) is 30.1 Å². The van der Waals surface area contributed by atoms with Crippen LogP contribution in [0.1, 0.15) is 17.9 Å². The molecule has 9 nitrogen and oxygen atoms in total. The molecule has 3 rings (SSSR count). The number of benzene rings is 1. The second kappa shape index (κ2) is 9.04. The van der Waals surface area contributed by atoms with E-state index in [0.29, 0.717) is 50.0 Å². The lowest BCUT2D eigenvalue weighted by Gasteiger charge is -2.33. The Morgan fingerprint density at radius 3 is 2.20 bits per heavy atom. The number of nitrogens with zero attached hydrogens (tertiary/aromatic N) is 3. The summed E-state index contributed by atoms with van der Waals surface area (Å²) in [6, 6.07) is 6.36. The smallest absolute Gasteiger partial charge is 0.248 e. The summed E-state index contributed by atoms with van der Waals surface area (Å²) in [4.78, 5) is 2.64. The van der Waals surface area contributed by atoms with Crippen molar-refractivity contribution >= 4 is 19.9 Å². The first kappa shape index (κ1) is 22.7. The standard InChI is InChI=1S/C19H27N3O6S2/c1-15-19(16(2)28-20-15)30(25,26)22-12-10-21(11-13-22)9-4-14-27-17-5-7-18(8-6-17)29(3,23)24/h5-8H,4,9-14H2,1-3H3. The van der Waals surface area contributed by atoms with Gasteiger partial charge in [-0.1, -0.05) is 5.16 Å². The minimum absolute atomic E-state index is 0.172. The Labute approximate surface area is 177 Å². The molecule has 0 unspecified atom stereocenters. The third-order valence-electron chi connectivity index (χ3n) is 5.04. The maximum absolute atomic E-state index is 12.8. The molecule has 166 valence electrons. The van der Waals surface area contributed by atoms with Gasteiger partial charge in [0, 0.05) is 39.0 Å². The quantitative estimate of drug-likeness (QED) is 0.548. The van der Waals surface area contributed by atoms with Crippen LogP contribution >= 0.6 is 0 Å². The van der Waals surface area contributed by atoms with Gasteiger partial charge in [0.15, 0.2) is 15.6 Å². The van der Waals surface area contributed by atoms with Crippen LogP contribution in [-0.4, -0.2) is 76.8 Å². The highest BCUT2D eigenvalue weighted by Crippen LogP contribution is 2.24. The summed E-state index contributed by atoms with van der Waals surface area (Å²) >= 11 is 0. The first-order valence-electron chi connectivity index (χ1n) is 9.67. The van der Waals surface area contributed by atoms with Gasteiger partial charge in [-0.3, -0.25) is 0 Å². The van der Waals surface area contributed by atoms with Gasteiger partial charge in [-0.15, -0.1) is 0 Å². The largest absolute Gasteiger partial charge is 0.494 e. The Hall–Kier alpha value is -1.95. The predicted octanol–water partition coefficient (Wildman–Crippen LogP) is 1.47. The number of piperazine rings is 1. The van der Waals surface area contributed by atoms with Gasteiger partial charge in [-0.25, -0.2) is 16.8 Å². The van der Waals surface area contributed by atoms with Crippen LogP contribution in [0, 0.1) is 13.8 Å². The van der Waals surface area contributed by atoms with Crippen LogP contribution < -0.4 is 4.74 Å². The molecule has 30 heavy (non-hydrogen) atoms. The fraction of sp³-hybridized carbons (Fsp3) is 0.526. The molecular weight excluding hydrogens is 430 g/mol. The summed E-state index contributed by atoms with van der Waals surface area (Å²) in [5, 5.41) is 3.75. The number of aryl methyl sites for hydroxylation is 2. The minimum Gasteiger partial charge on any atom is -0.494 e. The highest BCUT2D eigenvalue weighted by molar-refractivity contribution is 7.90.